The molecule has 0 aliphatic carbocycles. The second kappa shape index (κ2) is 11.1. The van der Waals surface area contributed by atoms with E-state index in [1.165, 1.54) is 29.3 Å². The van der Waals surface area contributed by atoms with Gasteiger partial charge in [0.05, 0.1) is 17.3 Å². The van der Waals surface area contributed by atoms with Gasteiger partial charge in [0.2, 0.25) is 0 Å². The lowest BCUT2D eigenvalue weighted by Gasteiger charge is -2.28. The summed E-state index contributed by atoms with van der Waals surface area (Å²) in [7, 11) is 0. The molecule has 1 aliphatic rings. The van der Waals surface area contributed by atoms with Crippen molar-refractivity contribution in [2.24, 2.45) is 0 Å². The smallest absolute Gasteiger partial charge is 0.255 e. The zero-order chi connectivity index (χ0) is 25.8. The fraction of sp³-hybridized carbons (Fsp3) is 0.269. The number of benzene rings is 2. The van der Waals surface area contributed by atoms with Gasteiger partial charge in [0, 0.05) is 24.3 Å². The highest BCUT2D eigenvalue weighted by Gasteiger charge is 2.38. The number of halogens is 3. The van der Waals surface area contributed by atoms with E-state index in [2.05, 4.69) is 10.3 Å². The van der Waals surface area contributed by atoms with Crippen LogP contribution in [0.5, 0.6) is 0 Å². The number of hydrogen-bond acceptors (Lipinski definition) is 5. The summed E-state index contributed by atoms with van der Waals surface area (Å²) in [6.07, 6.45) is -1.24. The van der Waals surface area contributed by atoms with Gasteiger partial charge in [0.15, 0.2) is 12.2 Å². The Balaban J connectivity index is 1.36. The highest BCUT2D eigenvalue weighted by molar-refractivity contribution is 6.30. The Kier molecular flexibility index (Phi) is 7.93. The monoisotopic (exact) mass is 515 g/mol. The highest BCUT2D eigenvalue weighted by Crippen LogP contribution is 2.33. The number of amides is 2. The molecule has 36 heavy (non-hydrogen) atoms. The number of nitrogens with zero attached hydrogens (tertiary/aromatic N) is 2. The van der Waals surface area contributed by atoms with Crippen molar-refractivity contribution in [3.05, 3.63) is 88.6 Å². The van der Waals surface area contributed by atoms with Gasteiger partial charge in [0.25, 0.3) is 11.8 Å². The summed E-state index contributed by atoms with van der Waals surface area (Å²) in [6.45, 7) is 0.292. The van der Waals surface area contributed by atoms with Gasteiger partial charge in [-0.15, -0.1) is 0 Å². The number of rotatable bonds is 7. The van der Waals surface area contributed by atoms with Gasteiger partial charge in [-0.2, -0.15) is 0 Å². The van der Waals surface area contributed by atoms with Crippen LogP contribution in [0.3, 0.4) is 0 Å². The van der Waals surface area contributed by atoms with Crippen molar-refractivity contribution in [3.8, 4) is 11.3 Å². The minimum Gasteiger partial charge on any atom is -0.380 e. The van der Waals surface area contributed by atoms with Crippen LogP contribution in [0.25, 0.3) is 11.3 Å². The Labute approximate surface area is 211 Å². The van der Waals surface area contributed by atoms with Crippen LogP contribution in [0.2, 0.25) is 5.02 Å². The van der Waals surface area contributed by atoms with Gasteiger partial charge in [-0.05, 0) is 54.3 Å². The van der Waals surface area contributed by atoms with Crippen LogP contribution in [-0.4, -0.2) is 50.7 Å². The molecule has 1 aliphatic heterocycles. The summed E-state index contributed by atoms with van der Waals surface area (Å²) in [4.78, 5) is 30.8. The largest absolute Gasteiger partial charge is 0.380 e. The zero-order valence-corrected chi connectivity index (χ0v) is 19.8. The van der Waals surface area contributed by atoms with Crippen molar-refractivity contribution >= 4 is 23.4 Å². The van der Waals surface area contributed by atoms with E-state index in [9.17, 15) is 28.6 Å². The topological polar surface area (TPSA) is 103 Å². The van der Waals surface area contributed by atoms with Gasteiger partial charge >= 0.3 is 0 Å². The van der Waals surface area contributed by atoms with Crippen molar-refractivity contribution in [1.29, 1.82) is 0 Å². The van der Waals surface area contributed by atoms with E-state index in [0.29, 0.717) is 30.0 Å². The molecular formula is C26H24ClF2N3O4. The number of likely N-dealkylation sites (tertiary alicyclic amines) is 1. The van der Waals surface area contributed by atoms with E-state index < -0.39 is 35.7 Å². The molecule has 2 amide bonds. The van der Waals surface area contributed by atoms with Gasteiger partial charge in [-0.3, -0.25) is 14.6 Å². The molecule has 0 saturated carbocycles. The Morgan fingerprint density at radius 3 is 2.47 bits per heavy atom. The molecule has 188 valence electrons. The zero-order valence-electron chi connectivity index (χ0n) is 19.1. The fourth-order valence-corrected chi connectivity index (χ4v) is 4.45. The molecule has 2 heterocycles. The van der Waals surface area contributed by atoms with E-state index in [1.54, 1.807) is 18.2 Å². The maximum atomic E-state index is 13.9. The summed E-state index contributed by atoms with van der Waals surface area (Å²) in [5.41, 5.74) is 1.12. The molecular weight excluding hydrogens is 492 g/mol. The number of pyridine rings is 1. The molecule has 2 aromatic carbocycles. The quantitative estimate of drug-likeness (QED) is 0.448. The molecule has 1 saturated heterocycles. The number of aromatic nitrogens is 1. The van der Waals surface area contributed by atoms with Crippen molar-refractivity contribution in [2.75, 3.05) is 6.54 Å². The predicted molar refractivity (Wildman–Crippen MR) is 129 cm³/mol. The van der Waals surface area contributed by atoms with Gasteiger partial charge in [0.1, 0.15) is 11.6 Å². The fourth-order valence-electron chi connectivity index (χ4n) is 4.25. The first-order chi connectivity index (χ1) is 17.3. The molecule has 7 nitrogen and oxygen atoms in total. The third-order valence-electron chi connectivity index (χ3n) is 6.10. The second-order valence-electron chi connectivity index (χ2n) is 8.50. The summed E-state index contributed by atoms with van der Waals surface area (Å²) >= 11 is 6.06. The highest BCUT2D eigenvalue weighted by atomic mass is 35.5. The molecule has 0 radical (unpaired) electrons. The molecule has 3 aromatic rings. The van der Waals surface area contributed by atoms with Crippen LogP contribution in [0.1, 0.15) is 30.0 Å². The van der Waals surface area contributed by atoms with E-state index in [-0.39, 0.29) is 23.8 Å². The number of hydrogen-bond donors (Lipinski definition) is 3. The Bertz CT molecular complexity index is 1240. The van der Waals surface area contributed by atoms with Crippen molar-refractivity contribution in [3.63, 3.8) is 0 Å². The normalized spacial score (nSPS) is 17.0. The number of nitrogens with one attached hydrogen (secondary N) is 1. The molecule has 0 bridgehead atoms. The van der Waals surface area contributed by atoms with Crippen LogP contribution in [0.15, 0.2) is 60.8 Å². The average Bonchev–Trinajstić information content (AvgIpc) is 3.36. The lowest BCUT2D eigenvalue weighted by atomic mass is 10.0. The standard InChI is InChI=1S/C26H24ClF2N3O4/c27-17-5-1-4-16(12-17)21-8-3-11-32(21)26(36)24(34)23(33)25(35)31-14-15-9-10-20(30-13-15)22-18(28)6-2-7-19(22)29/h1-2,4-7,9-10,12-13,21,23-24,33-34H,3,8,11,14H2,(H,31,35)/t21?,23-,24-/m1/s1. The van der Waals surface area contributed by atoms with E-state index >= 15 is 0 Å². The molecule has 1 fully saturated rings. The van der Waals surface area contributed by atoms with Crippen LogP contribution < -0.4 is 5.32 Å². The number of aliphatic hydroxyl groups is 2. The maximum Gasteiger partial charge on any atom is 0.255 e. The lowest BCUT2D eigenvalue weighted by Crippen LogP contribution is -2.50. The lowest BCUT2D eigenvalue weighted by molar-refractivity contribution is -0.153. The molecule has 4 rings (SSSR count). The minimum absolute atomic E-state index is 0.0846. The van der Waals surface area contributed by atoms with Crippen molar-refractivity contribution in [1.82, 2.24) is 15.2 Å². The van der Waals surface area contributed by atoms with Crippen LogP contribution in [-0.2, 0) is 16.1 Å². The van der Waals surface area contributed by atoms with Gasteiger partial charge in [-0.25, -0.2) is 8.78 Å². The van der Waals surface area contributed by atoms with E-state index in [4.69, 9.17) is 11.6 Å². The summed E-state index contributed by atoms with van der Waals surface area (Å²) < 4.78 is 27.9. The maximum absolute atomic E-state index is 13.9. The summed E-state index contributed by atoms with van der Waals surface area (Å²) in [5.74, 6) is -3.20. The first kappa shape index (κ1) is 25.7. The Morgan fingerprint density at radius 2 is 1.81 bits per heavy atom. The summed E-state index contributed by atoms with van der Waals surface area (Å²) in [5, 5.41) is 23.7. The molecule has 1 unspecified atom stereocenters. The minimum atomic E-state index is -1.99. The van der Waals surface area contributed by atoms with E-state index in [1.807, 2.05) is 6.07 Å². The third-order valence-corrected chi connectivity index (χ3v) is 6.34. The van der Waals surface area contributed by atoms with Gasteiger partial charge < -0.3 is 20.4 Å². The van der Waals surface area contributed by atoms with E-state index in [0.717, 1.165) is 17.7 Å². The predicted octanol–water partition coefficient (Wildman–Crippen LogP) is 3.38. The molecule has 3 atom stereocenters. The van der Waals surface area contributed by atoms with Crippen molar-refractivity contribution < 1.29 is 28.6 Å². The molecule has 10 heteroatoms. The number of carbonyl (C=O) groups is 2. The van der Waals surface area contributed by atoms with Gasteiger partial charge in [-0.1, -0.05) is 35.9 Å². The van der Waals surface area contributed by atoms with Crippen molar-refractivity contribution in [2.45, 2.75) is 37.6 Å². The first-order valence-corrected chi connectivity index (χ1v) is 11.7. The number of aliphatic hydroxyl groups excluding tert-OH is 2. The molecule has 0 spiro atoms. The third kappa shape index (κ3) is 5.53. The van der Waals surface area contributed by atoms with Crippen LogP contribution in [0, 0.1) is 11.6 Å². The van der Waals surface area contributed by atoms with Crippen LogP contribution in [0.4, 0.5) is 8.78 Å². The molecule has 1 aromatic heterocycles. The Morgan fingerprint density at radius 1 is 1.08 bits per heavy atom. The first-order valence-electron chi connectivity index (χ1n) is 11.4. The van der Waals surface area contributed by atoms with Crippen LogP contribution >= 0.6 is 11.6 Å². The second-order valence-corrected chi connectivity index (χ2v) is 8.94. The molecule has 3 N–H and O–H groups in total. The average molecular weight is 516 g/mol. The SMILES string of the molecule is O=C(NCc1ccc(-c2c(F)cccc2F)nc1)[C@H](O)[C@@H](O)C(=O)N1CCCC1c1cccc(Cl)c1. The summed E-state index contributed by atoms with van der Waals surface area (Å²) in [6, 6.07) is 13.2. The number of carbonyl (C=O) groups excluding carboxylic acids is 2. The Hall–Kier alpha value is -3.40.